The highest BCUT2D eigenvalue weighted by molar-refractivity contribution is 6.30. The van der Waals surface area contributed by atoms with Gasteiger partial charge < -0.3 is 5.32 Å². The summed E-state index contributed by atoms with van der Waals surface area (Å²) < 4.78 is 1.66. The van der Waals surface area contributed by atoms with Crippen LogP contribution in [0, 0.1) is 0 Å². The average Bonchev–Trinajstić information content (AvgIpc) is 2.99. The second-order valence-corrected chi connectivity index (χ2v) is 6.26. The Morgan fingerprint density at radius 3 is 2.68 bits per heavy atom. The van der Waals surface area contributed by atoms with Crippen LogP contribution in [-0.4, -0.2) is 27.2 Å². The van der Waals surface area contributed by atoms with E-state index in [-0.39, 0.29) is 11.3 Å². The van der Waals surface area contributed by atoms with Gasteiger partial charge in [0.1, 0.15) is 12.7 Å². The molecule has 1 aromatic carbocycles. The van der Waals surface area contributed by atoms with Gasteiger partial charge in [-0.15, -0.1) is 0 Å². The zero-order chi connectivity index (χ0) is 15.4. The SMILES string of the molecule is O=C(CCn1cncn1)NCC1(c2ccc(Cl)cc2)CCC1. The molecule has 116 valence electrons. The van der Waals surface area contributed by atoms with Crippen molar-refractivity contribution in [3.63, 3.8) is 0 Å². The zero-order valence-electron chi connectivity index (χ0n) is 12.3. The van der Waals surface area contributed by atoms with E-state index in [4.69, 9.17) is 11.6 Å². The number of aromatic nitrogens is 3. The number of halogens is 1. The van der Waals surface area contributed by atoms with Gasteiger partial charge in [-0.2, -0.15) is 5.10 Å². The maximum Gasteiger partial charge on any atom is 0.221 e. The Kier molecular flexibility index (Phi) is 4.43. The number of aryl methyl sites for hydroxylation is 1. The minimum atomic E-state index is 0.0516. The third-order valence-electron chi connectivity index (χ3n) is 4.43. The van der Waals surface area contributed by atoms with Gasteiger partial charge in [-0.25, -0.2) is 4.98 Å². The lowest BCUT2D eigenvalue weighted by Crippen LogP contribution is -2.45. The molecule has 2 aromatic rings. The van der Waals surface area contributed by atoms with Gasteiger partial charge in [0.2, 0.25) is 5.91 Å². The summed E-state index contributed by atoms with van der Waals surface area (Å²) in [5, 5.41) is 7.81. The van der Waals surface area contributed by atoms with Crippen molar-refractivity contribution >= 4 is 17.5 Å². The molecule has 0 bridgehead atoms. The quantitative estimate of drug-likeness (QED) is 0.890. The van der Waals surface area contributed by atoms with Crippen LogP contribution in [0.3, 0.4) is 0 Å². The molecular weight excluding hydrogens is 300 g/mol. The summed E-state index contributed by atoms with van der Waals surface area (Å²) >= 11 is 5.96. The monoisotopic (exact) mass is 318 g/mol. The van der Waals surface area contributed by atoms with Gasteiger partial charge in [0, 0.05) is 23.4 Å². The van der Waals surface area contributed by atoms with E-state index in [1.165, 1.54) is 18.3 Å². The van der Waals surface area contributed by atoms with Crippen LogP contribution >= 0.6 is 11.6 Å². The maximum atomic E-state index is 12.0. The molecule has 1 aromatic heterocycles. The van der Waals surface area contributed by atoms with Crippen molar-refractivity contribution < 1.29 is 4.79 Å². The highest BCUT2D eigenvalue weighted by Gasteiger charge is 2.38. The molecule has 1 amide bonds. The van der Waals surface area contributed by atoms with Crippen LogP contribution in [0.5, 0.6) is 0 Å². The number of rotatable bonds is 6. The molecule has 0 unspecified atom stereocenters. The largest absolute Gasteiger partial charge is 0.355 e. The molecule has 1 saturated carbocycles. The Bertz CT molecular complexity index is 620. The molecule has 1 aliphatic carbocycles. The summed E-state index contributed by atoms with van der Waals surface area (Å²) in [6.45, 7) is 1.24. The van der Waals surface area contributed by atoms with Crippen molar-refractivity contribution in [2.45, 2.75) is 37.6 Å². The fourth-order valence-electron chi connectivity index (χ4n) is 2.89. The lowest BCUT2D eigenvalue weighted by atomic mass is 9.64. The molecule has 1 aliphatic rings. The van der Waals surface area contributed by atoms with E-state index in [0.29, 0.717) is 19.5 Å². The number of amides is 1. The molecular formula is C16H19ClN4O. The number of benzene rings is 1. The van der Waals surface area contributed by atoms with Gasteiger partial charge in [0.15, 0.2) is 0 Å². The lowest BCUT2D eigenvalue weighted by Gasteiger charge is -2.42. The summed E-state index contributed by atoms with van der Waals surface area (Å²) in [5.41, 5.74) is 1.34. The van der Waals surface area contributed by atoms with E-state index in [0.717, 1.165) is 17.9 Å². The number of nitrogens with one attached hydrogen (secondary N) is 1. The van der Waals surface area contributed by atoms with Crippen molar-refractivity contribution in [3.8, 4) is 0 Å². The predicted octanol–water partition coefficient (Wildman–Crippen LogP) is 2.56. The molecule has 1 heterocycles. The highest BCUT2D eigenvalue weighted by Crippen LogP contribution is 2.43. The molecule has 5 nitrogen and oxygen atoms in total. The van der Waals surface area contributed by atoms with E-state index in [1.807, 2.05) is 12.1 Å². The van der Waals surface area contributed by atoms with Crippen molar-refractivity contribution in [1.82, 2.24) is 20.1 Å². The molecule has 1 N–H and O–H groups in total. The first-order chi connectivity index (χ1) is 10.7. The smallest absolute Gasteiger partial charge is 0.221 e. The number of carbonyl (C=O) groups is 1. The Morgan fingerprint density at radius 2 is 2.09 bits per heavy atom. The Morgan fingerprint density at radius 1 is 1.32 bits per heavy atom. The van der Waals surface area contributed by atoms with Crippen molar-refractivity contribution in [2.24, 2.45) is 0 Å². The predicted molar refractivity (Wildman–Crippen MR) is 84.6 cm³/mol. The fourth-order valence-corrected chi connectivity index (χ4v) is 3.02. The standard InChI is InChI=1S/C16H19ClN4O/c17-14-4-2-13(3-5-14)16(7-1-8-16)10-19-15(22)6-9-21-12-18-11-20-21/h2-5,11-12H,1,6-10H2,(H,19,22). The molecule has 0 saturated heterocycles. The molecule has 0 atom stereocenters. The number of carbonyl (C=O) groups excluding carboxylic acids is 1. The van der Waals surface area contributed by atoms with E-state index >= 15 is 0 Å². The topological polar surface area (TPSA) is 59.8 Å². The van der Waals surface area contributed by atoms with Crippen molar-refractivity contribution in [1.29, 1.82) is 0 Å². The third-order valence-corrected chi connectivity index (χ3v) is 4.68. The van der Waals surface area contributed by atoms with Gasteiger partial charge in [-0.05, 0) is 30.5 Å². The second-order valence-electron chi connectivity index (χ2n) is 5.83. The molecule has 0 aliphatic heterocycles. The van der Waals surface area contributed by atoms with Crippen LogP contribution in [0.25, 0.3) is 0 Å². The normalized spacial score (nSPS) is 16.0. The first-order valence-electron chi connectivity index (χ1n) is 7.53. The number of hydrogen-bond acceptors (Lipinski definition) is 3. The molecule has 22 heavy (non-hydrogen) atoms. The van der Waals surface area contributed by atoms with E-state index in [9.17, 15) is 4.79 Å². The minimum Gasteiger partial charge on any atom is -0.355 e. The van der Waals surface area contributed by atoms with Gasteiger partial charge in [0.25, 0.3) is 0 Å². The Labute approximate surface area is 134 Å². The van der Waals surface area contributed by atoms with E-state index < -0.39 is 0 Å². The van der Waals surface area contributed by atoms with Crippen LogP contribution in [0.15, 0.2) is 36.9 Å². The zero-order valence-corrected chi connectivity index (χ0v) is 13.1. The van der Waals surface area contributed by atoms with Crippen LogP contribution < -0.4 is 5.32 Å². The molecule has 3 rings (SSSR count). The summed E-state index contributed by atoms with van der Waals surface area (Å²) in [6, 6.07) is 7.99. The molecule has 6 heteroatoms. The highest BCUT2D eigenvalue weighted by atomic mass is 35.5. The van der Waals surface area contributed by atoms with Gasteiger partial charge in [-0.3, -0.25) is 9.48 Å². The summed E-state index contributed by atoms with van der Waals surface area (Å²) in [4.78, 5) is 15.9. The lowest BCUT2D eigenvalue weighted by molar-refractivity contribution is -0.121. The number of nitrogens with zero attached hydrogens (tertiary/aromatic N) is 3. The van der Waals surface area contributed by atoms with Gasteiger partial charge in [0.05, 0.1) is 6.54 Å². The van der Waals surface area contributed by atoms with Gasteiger partial charge in [-0.1, -0.05) is 30.2 Å². The molecule has 1 fully saturated rings. The third kappa shape index (κ3) is 3.30. The first-order valence-corrected chi connectivity index (χ1v) is 7.91. The van der Waals surface area contributed by atoms with Gasteiger partial charge >= 0.3 is 0 Å². The van der Waals surface area contributed by atoms with Crippen LogP contribution in [-0.2, 0) is 16.8 Å². The van der Waals surface area contributed by atoms with Crippen molar-refractivity contribution in [3.05, 3.63) is 47.5 Å². The minimum absolute atomic E-state index is 0.0516. The van der Waals surface area contributed by atoms with Crippen LogP contribution in [0.4, 0.5) is 0 Å². The summed E-state index contributed by atoms with van der Waals surface area (Å²) in [7, 11) is 0. The summed E-state index contributed by atoms with van der Waals surface area (Å²) in [5.74, 6) is 0.0516. The number of hydrogen-bond donors (Lipinski definition) is 1. The van der Waals surface area contributed by atoms with E-state index in [1.54, 1.807) is 11.0 Å². The Balaban J connectivity index is 1.54. The maximum absolute atomic E-state index is 12.0. The second kappa shape index (κ2) is 6.48. The molecule has 0 radical (unpaired) electrons. The first kappa shape index (κ1) is 15.0. The van der Waals surface area contributed by atoms with Crippen LogP contribution in [0.2, 0.25) is 5.02 Å². The van der Waals surface area contributed by atoms with E-state index in [2.05, 4.69) is 27.5 Å². The molecule has 0 spiro atoms. The van der Waals surface area contributed by atoms with Crippen LogP contribution in [0.1, 0.15) is 31.2 Å². The Hall–Kier alpha value is -1.88. The average molecular weight is 319 g/mol. The fraction of sp³-hybridized carbons (Fsp3) is 0.438. The summed E-state index contributed by atoms with van der Waals surface area (Å²) in [6.07, 6.45) is 6.93. The van der Waals surface area contributed by atoms with Crippen molar-refractivity contribution in [2.75, 3.05) is 6.54 Å².